The lowest BCUT2D eigenvalue weighted by molar-refractivity contribution is -0.151. The van der Waals surface area contributed by atoms with E-state index in [9.17, 15) is 19.8 Å². The Morgan fingerprint density at radius 3 is 1.27 bits per heavy atom. The topological polar surface area (TPSA) is 95.9 Å². The van der Waals surface area contributed by atoms with Gasteiger partial charge in [-0.15, -0.1) is 0 Å². The normalized spacial score (nSPS) is 13.6. The number of aliphatic hydroxyl groups is 2. The highest BCUT2D eigenvalue weighted by Crippen LogP contribution is 2.17. The quantitative estimate of drug-likeness (QED) is 0.0322. The maximum atomic E-state index is 13.2. The molecule has 3 unspecified atom stereocenters. The zero-order valence-corrected chi connectivity index (χ0v) is 41.3. The lowest BCUT2D eigenvalue weighted by atomic mass is 10.0. The fraction of sp³-hybridized carbons (Fsp3) is 0.821. The molecular weight excluding hydrogens is 767 g/mol. The Labute approximate surface area is 385 Å². The molecule has 0 spiro atoms. The molecule has 0 aromatic carbocycles. The Hall–Kier alpha value is -2.18. The van der Waals surface area contributed by atoms with Crippen molar-refractivity contribution in [3.05, 3.63) is 48.6 Å². The third-order valence-corrected chi connectivity index (χ3v) is 12.2. The molecule has 0 aliphatic heterocycles. The van der Waals surface area contributed by atoms with E-state index < -0.39 is 18.2 Å². The second-order valence-electron chi connectivity index (χ2n) is 18.3. The number of allylic oxidation sites excluding steroid dienone is 8. The number of rotatable bonds is 48. The van der Waals surface area contributed by atoms with Crippen molar-refractivity contribution in [3.8, 4) is 0 Å². The first-order valence-corrected chi connectivity index (χ1v) is 26.9. The van der Waals surface area contributed by atoms with Gasteiger partial charge in [0.15, 0.2) is 0 Å². The van der Waals surface area contributed by atoms with Gasteiger partial charge in [0.05, 0.1) is 25.2 Å². The summed E-state index contributed by atoms with van der Waals surface area (Å²) in [4.78, 5) is 26.1. The van der Waals surface area contributed by atoms with Crippen LogP contribution in [-0.4, -0.2) is 46.9 Å². The first-order valence-electron chi connectivity index (χ1n) is 26.9. The number of unbranched alkanes of at least 4 members (excludes halogenated alkanes) is 28. The summed E-state index contributed by atoms with van der Waals surface area (Å²) in [5.74, 6) is -0.520. The molecule has 3 atom stereocenters. The van der Waals surface area contributed by atoms with Crippen LogP contribution < -0.4 is 5.32 Å². The van der Waals surface area contributed by atoms with E-state index in [-0.39, 0.29) is 24.9 Å². The molecule has 3 N–H and O–H groups in total. The summed E-state index contributed by atoms with van der Waals surface area (Å²) >= 11 is 0. The van der Waals surface area contributed by atoms with Crippen LogP contribution in [0.4, 0.5) is 0 Å². The van der Waals surface area contributed by atoms with Crippen LogP contribution in [0, 0.1) is 0 Å². The van der Waals surface area contributed by atoms with Crippen molar-refractivity contribution < 1.29 is 24.5 Å². The van der Waals surface area contributed by atoms with Crippen LogP contribution in [0.1, 0.15) is 271 Å². The van der Waals surface area contributed by atoms with E-state index in [1.54, 1.807) is 0 Å². The maximum Gasteiger partial charge on any atom is 0.306 e. The number of carbonyl (C=O) groups excluding carboxylic acids is 2. The predicted octanol–water partition coefficient (Wildman–Crippen LogP) is 16.2. The second kappa shape index (κ2) is 49.8. The minimum Gasteiger partial charge on any atom is -0.462 e. The summed E-state index contributed by atoms with van der Waals surface area (Å²) in [6, 6.07) is -0.717. The number of ether oxygens (including phenoxy) is 1. The molecule has 1 amide bonds. The van der Waals surface area contributed by atoms with E-state index >= 15 is 0 Å². The first-order chi connectivity index (χ1) is 30.5. The molecule has 6 heteroatoms. The molecule has 0 heterocycles. The maximum absolute atomic E-state index is 13.2. The standard InChI is InChI=1S/C56H103NO5/c1-4-7-10-13-16-19-22-24-26-27-29-30-33-35-38-41-44-47-52(62-56(61)49-46-43-40-37-32-21-18-15-12-9-6-3)50-55(60)57-53(51-58)54(59)48-45-42-39-36-34-31-28-25-23-20-17-14-11-8-5-2/h16,19,24,26,29-30,35,38,52-54,58-59H,4-15,17-18,20-23,25,27-28,31-34,36-37,39-51H2,1-3H3,(H,57,60)/b19-16-,26-24-,30-29-,38-35-. The van der Waals surface area contributed by atoms with E-state index in [0.29, 0.717) is 19.3 Å². The average molecular weight is 870 g/mol. The highest BCUT2D eigenvalue weighted by Gasteiger charge is 2.24. The minimum absolute atomic E-state index is 0.0425. The van der Waals surface area contributed by atoms with Crippen molar-refractivity contribution in [3.63, 3.8) is 0 Å². The third-order valence-electron chi connectivity index (χ3n) is 12.2. The lowest BCUT2D eigenvalue weighted by Crippen LogP contribution is -2.46. The summed E-state index contributed by atoms with van der Waals surface area (Å²) in [6.07, 6.45) is 60.3. The van der Waals surface area contributed by atoms with Gasteiger partial charge in [-0.2, -0.15) is 0 Å². The van der Waals surface area contributed by atoms with Crippen molar-refractivity contribution in [1.29, 1.82) is 0 Å². The van der Waals surface area contributed by atoms with E-state index in [0.717, 1.165) is 70.6 Å². The Morgan fingerprint density at radius 1 is 0.468 bits per heavy atom. The molecule has 0 aromatic heterocycles. The Bertz CT molecular complexity index is 1070. The number of hydrogen-bond acceptors (Lipinski definition) is 5. The van der Waals surface area contributed by atoms with Crippen molar-refractivity contribution in [2.45, 2.75) is 289 Å². The number of esters is 1. The van der Waals surface area contributed by atoms with Crippen LogP contribution in [0.2, 0.25) is 0 Å². The summed E-state index contributed by atoms with van der Waals surface area (Å²) in [5, 5.41) is 23.8. The van der Waals surface area contributed by atoms with Gasteiger partial charge in [-0.05, 0) is 64.2 Å². The summed E-state index contributed by atoms with van der Waals surface area (Å²) in [7, 11) is 0. The molecule has 0 aromatic rings. The van der Waals surface area contributed by atoms with E-state index in [4.69, 9.17) is 4.74 Å². The van der Waals surface area contributed by atoms with Crippen molar-refractivity contribution in [1.82, 2.24) is 5.32 Å². The predicted molar refractivity (Wildman–Crippen MR) is 269 cm³/mol. The van der Waals surface area contributed by atoms with Gasteiger partial charge in [0.1, 0.15) is 6.10 Å². The van der Waals surface area contributed by atoms with Crippen LogP contribution in [0.5, 0.6) is 0 Å². The zero-order chi connectivity index (χ0) is 45.2. The Balaban J connectivity index is 4.63. The number of nitrogens with one attached hydrogen (secondary N) is 1. The van der Waals surface area contributed by atoms with Crippen LogP contribution in [0.25, 0.3) is 0 Å². The molecule has 0 fully saturated rings. The Kier molecular flexibility index (Phi) is 48.1. The number of hydrogen-bond donors (Lipinski definition) is 3. The summed E-state index contributed by atoms with van der Waals surface area (Å²) < 4.78 is 5.91. The highest BCUT2D eigenvalue weighted by molar-refractivity contribution is 5.77. The number of amides is 1. The smallest absolute Gasteiger partial charge is 0.306 e. The van der Waals surface area contributed by atoms with Gasteiger partial charge >= 0.3 is 5.97 Å². The molecule has 0 saturated carbocycles. The van der Waals surface area contributed by atoms with Gasteiger partial charge in [0, 0.05) is 6.42 Å². The molecule has 0 rings (SSSR count). The van der Waals surface area contributed by atoms with Crippen molar-refractivity contribution in [2.75, 3.05) is 6.61 Å². The molecule has 62 heavy (non-hydrogen) atoms. The van der Waals surface area contributed by atoms with Gasteiger partial charge in [0.2, 0.25) is 5.91 Å². The average Bonchev–Trinajstić information content (AvgIpc) is 3.26. The molecular formula is C56H103NO5. The molecule has 0 aliphatic carbocycles. The molecule has 6 nitrogen and oxygen atoms in total. The van der Waals surface area contributed by atoms with Gasteiger partial charge < -0.3 is 20.3 Å². The van der Waals surface area contributed by atoms with Gasteiger partial charge in [-0.1, -0.05) is 243 Å². The molecule has 362 valence electrons. The third kappa shape index (κ3) is 44.4. The molecule has 0 saturated heterocycles. The highest BCUT2D eigenvalue weighted by atomic mass is 16.5. The van der Waals surface area contributed by atoms with Gasteiger partial charge in [0.25, 0.3) is 0 Å². The zero-order valence-electron chi connectivity index (χ0n) is 41.3. The first kappa shape index (κ1) is 59.8. The van der Waals surface area contributed by atoms with Crippen LogP contribution in [-0.2, 0) is 14.3 Å². The van der Waals surface area contributed by atoms with E-state index in [1.807, 2.05) is 0 Å². The van der Waals surface area contributed by atoms with Crippen LogP contribution in [0.3, 0.4) is 0 Å². The van der Waals surface area contributed by atoms with E-state index in [2.05, 4.69) is 74.7 Å². The molecule has 0 bridgehead atoms. The van der Waals surface area contributed by atoms with Crippen LogP contribution in [0.15, 0.2) is 48.6 Å². The SMILES string of the molecule is CCCCC/C=C\C/C=C\C/C=C\C/C=C\CCCC(CC(=O)NC(CO)C(O)CCCCCCCCCCCCCCCCC)OC(=O)CCCCCCCCCCCCC. The van der Waals surface area contributed by atoms with Gasteiger partial charge in [-0.3, -0.25) is 9.59 Å². The Morgan fingerprint density at radius 2 is 0.839 bits per heavy atom. The fourth-order valence-corrected chi connectivity index (χ4v) is 8.07. The van der Waals surface area contributed by atoms with Gasteiger partial charge in [-0.25, -0.2) is 0 Å². The lowest BCUT2D eigenvalue weighted by Gasteiger charge is -2.24. The molecule has 0 aliphatic rings. The summed E-state index contributed by atoms with van der Waals surface area (Å²) in [6.45, 7) is 6.45. The number of carbonyl (C=O) groups is 2. The number of aliphatic hydroxyl groups excluding tert-OH is 2. The van der Waals surface area contributed by atoms with E-state index in [1.165, 1.54) is 154 Å². The minimum atomic E-state index is -0.801. The largest absolute Gasteiger partial charge is 0.462 e. The van der Waals surface area contributed by atoms with Crippen molar-refractivity contribution in [2.24, 2.45) is 0 Å². The van der Waals surface area contributed by atoms with Crippen LogP contribution >= 0.6 is 0 Å². The molecule has 0 radical (unpaired) electrons. The fourth-order valence-electron chi connectivity index (χ4n) is 8.07. The monoisotopic (exact) mass is 870 g/mol. The summed E-state index contributed by atoms with van der Waals surface area (Å²) in [5.41, 5.74) is 0. The van der Waals surface area contributed by atoms with Crippen molar-refractivity contribution >= 4 is 11.9 Å². The second-order valence-corrected chi connectivity index (χ2v) is 18.3.